The Morgan fingerprint density at radius 3 is 2.18 bits per heavy atom. The van der Waals surface area contributed by atoms with Crippen molar-refractivity contribution in [2.45, 2.75) is 5.75 Å². The van der Waals surface area contributed by atoms with E-state index in [9.17, 15) is 0 Å². The summed E-state index contributed by atoms with van der Waals surface area (Å²) in [7, 11) is 0. The summed E-state index contributed by atoms with van der Waals surface area (Å²) < 4.78 is 2.27. The summed E-state index contributed by atoms with van der Waals surface area (Å²) in [5.41, 5.74) is 1.35. The first-order valence-corrected chi connectivity index (χ1v) is 6.14. The molecule has 3 heteroatoms. The quantitative estimate of drug-likeness (QED) is 0.792. The SMILES string of the molecule is CSCc1cc(Br)cc(Br)c1. The Hall–Kier alpha value is 0.530. The van der Waals surface area contributed by atoms with Crippen LogP contribution in [-0.2, 0) is 5.75 Å². The van der Waals surface area contributed by atoms with Crippen molar-refractivity contribution >= 4 is 43.6 Å². The lowest BCUT2D eigenvalue weighted by Crippen LogP contribution is -1.79. The molecular formula is C8H8Br2S. The highest BCUT2D eigenvalue weighted by molar-refractivity contribution is 9.11. The molecule has 0 unspecified atom stereocenters. The predicted molar refractivity (Wildman–Crippen MR) is 59.1 cm³/mol. The highest BCUT2D eigenvalue weighted by atomic mass is 79.9. The van der Waals surface area contributed by atoms with E-state index < -0.39 is 0 Å². The fourth-order valence-corrected chi connectivity index (χ4v) is 2.75. The molecule has 0 aliphatic heterocycles. The molecule has 0 amide bonds. The van der Waals surface area contributed by atoms with Crippen LogP contribution in [0.25, 0.3) is 0 Å². The maximum absolute atomic E-state index is 3.44. The van der Waals surface area contributed by atoms with Gasteiger partial charge in [0.2, 0.25) is 0 Å². The van der Waals surface area contributed by atoms with Gasteiger partial charge < -0.3 is 0 Å². The maximum Gasteiger partial charge on any atom is 0.0189 e. The van der Waals surface area contributed by atoms with E-state index >= 15 is 0 Å². The Balaban J connectivity index is 2.89. The first-order chi connectivity index (χ1) is 5.22. The molecule has 0 nitrogen and oxygen atoms in total. The van der Waals surface area contributed by atoms with E-state index in [2.05, 4.69) is 50.2 Å². The smallest absolute Gasteiger partial charge is 0.0189 e. The standard InChI is InChI=1S/C8H8Br2S/c1-11-5-6-2-7(9)4-8(10)3-6/h2-4H,5H2,1H3. The number of thioether (sulfide) groups is 1. The summed E-state index contributed by atoms with van der Waals surface area (Å²) in [6.07, 6.45) is 2.11. The molecule has 60 valence electrons. The number of hydrogen-bond acceptors (Lipinski definition) is 1. The summed E-state index contributed by atoms with van der Waals surface area (Å²) in [6, 6.07) is 6.33. The summed E-state index contributed by atoms with van der Waals surface area (Å²) in [4.78, 5) is 0. The van der Waals surface area contributed by atoms with Gasteiger partial charge in [0.1, 0.15) is 0 Å². The highest BCUT2D eigenvalue weighted by Crippen LogP contribution is 2.22. The van der Waals surface area contributed by atoms with Gasteiger partial charge in [0.25, 0.3) is 0 Å². The Labute approximate surface area is 88.0 Å². The van der Waals surface area contributed by atoms with Crippen molar-refractivity contribution in [1.29, 1.82) is 0 Å². The van der Waals surface area contributed by atoms with Crippen LogP contribution in [0.1, 0.15) is 5.56 Å². The fraction of sp³-hybridized carbons (Fsp3) is 0.250. The van der Waals surface area contributed by atoms with Crippen LogP contribution in [0.2, 0.25) is 0 Å². The average molecular weight is 296 g/mol. The molecule has 0 aliphatic carbocycles. The van der Waals surface area contributed by atoms with E-state index in [1.165, 1.54) is 5.56 Å². The number of halogens is 2. The molecule has 0 radical (unpaired) electrons. The summed E-state index contributed by atoms with van der Waals surface area (Å²) in [5.74, 6) is 1.07. The fourth-order valence-electron chi connectivity index (χ4n) is 0.861. The van der Waals surface area contributed by atoms with Crippen LogP contribution in [0, 0.1) is 0 Å². The first-order valence-electron chi connectivity index (χ1n) is 3.16. The van der Waals surface area contributed by atoms with E-state index in [1.807, 2.05) is 17.8 Å². The lowest BCUT2D eigenvalue weighted by atomic mass is 10.2. The van der Waals surface area contributed by atoms with Gasteiger partial charge in [0.05, 0.1) is 0 Å². The second kappa shape index (κ2) is 4.53. The molecule has 0 atom stereocenters. The number of hydrogen-bond donors (Lipinski definition) is 0. The van der Waals surface area contributed by atoms with Gasteiger partial charge in [0, 0.05) is 14.7 Å². The molecule has 1 rings (SSSR count). The number of benzene rings is 1. The molecule has 1 aromatic rings. The first kappa shape index (κ1) is 9.62. The van der Waals surface area contributed by atoms with Gasteiger partial charge in [0.15, 0.2) is 0 Å². The molecule has 0 heterocycles. The zero-order valence-electron chi connectivity index (χ0n) is 6.10. The molecule has 0 saturated heterocycles. The zero-order chi connectivity index (χ0) is 8.27. The average Bonchev–Trinajstić information content (AvgIpc) is 1.85. The molecule has 0 spiro atoms. The molecule has 0 fully saturated rings. The van der Waals surface area contributed by atoms with Gasteiger partial charge in [-0.3, -0.25) is 0 Å². The van der Waals surface area contributed by atoms with Crippen LogP contribution in [0.5, 0.6) is 0 Å². The van der Waals surface area contributed by atoms with Crippen molar-refractivity contribution in [3.05, 3.63) is 32.7 Å². The van der Waals surface area contributed by atoms with Crippen LogP contribution in [0.3, 0.4) is 0 Å². The summed E-state index contributed by atoms with van der Waals surface area (Å²) >= 11 is 8.72. The van der Waals surface area contributed by atoms with Crippen LogP contribution in [-0.4, -0.2) is 6.26 Å². The van der Waals surface area contributed by atoms with Crippen molar-refractivity contribution in [2.75, 3.05) is 6.26 Å². The molecule has 0 bridgehead atoms. The summed E-state index contributed by atoms with van der Waals surface area (Å²) in [6.45, 7) is 0. The van der Waals surface area contributed by atoms with Crippen LogP contribution in [0.4, 0.5) is 0 Å². The second-order valence-corrected chi connectivity index (χ2v) is 4.91. The molecule has 0 N–H and O–H groups in total. The van der Waals surface area contributed by atoms with Gasteiger partial charge >= 0.3 is 0 Å². The molecule has 11 heavy (non-hydrogen) atoms. The normalized spacial score (nSPS) is 10.1. The molecular weight excluding hydrogens is 288 g/mol. The minimum absolute atomic E-state index is 1.07. The molecule has 1 aromatic carbocycles. The van der Waals surface area contributed by atoms with E-state index in [-0.39, 0.29) is 0 Å². The number of rotatable bonds is 2. The van der Waals surface area contributed by atoms with Crippen molar-refractivity contribution in [3.8, 4) is 0 Å². The van der Waals surface area contributed by atoms with Gasteiger partial charge in [-0.2, -0.15) is 11.8 Å². The van der Waals surface area contributed by atoms with Gasteiger partial charge in [-0.05, 0) is 30.0 Å². The minimum atomic E-state index is 1.07. The topological polar surface area (TPSA) is 0 Å². The van der Waals surface area contributed by atoms with E-state index in [4.69, 9.17) is 0 Å². The molecule has 0 aromatic heterocycles. The van der Waals surface area contributed by atoms with Crippen LogP contribution < -0.4 is 0 Å². The van der Waals surface area contributed by atoms with E-state index in [0.717, 1.165) is 14.7 Å². The minimum Gasteiger partial charge on any atom is -0.161 e. The van der Waals surface area contributed by atoms with E-state index in [1.54, 1.807) is 0 Å². The molecule has 0 aliphatic rings. The monoisotopic (exact) mass is 294 g/mol. The molecule has 0 saturated carbocycles. The maximum atomic E-state index is 3.44. The Kier molecular flexibility index (Phi) is 3.96. The van der Waals surface area contributed by atoms with Gasteiger partial charge in [-0.15, -0.1) is 0 Å². The van der Waals surface area contributed by atoms with Crippen LogP contribution in [0.15, 0.2) is 27.1 Å². The largest absolute Gasteiger partial charge is 0.161 e. The lowest BCUT2D eigenvalue weighted by Gasteiger charge is -1.99. The predicted octanol–water partition coefficient (Wildman–Crippen LogP) is 4.07. The third-order valence-electron chi connectivity index (χ3n) is 1.23. The van der Waals surface area contributed by atoms with Crippen molar-refractivity contribution in [2.24, 2.45) is 0 Å². The van der Waals surface area contributed by atoms with Crippen molar-refractivity contribution in [3.63, 3.8) is 0 Å². The van der Waals surface area contributed by atoms with E-state index in [0.29, 0.717) is 0 Å². The lowest BCUT2D eigenvalue weighted by molar-refractivity contribution is 1.39. The Bertz CT molecular complexity index is 228. The van der Waals surface area contributed by atoms with Crippen molar-refractivity contribution in [1.82, 2.24) is 0 Å². The summed E-state index contributed by atoms with van der Waals surface area (Å²) in [5, 5.41) is 0. The second-order valence-electron chi connectivity index (χ2n) is 2.21. The zero-order valence-corrected chi connectivity index (χ0v) is 10.1. The van der Waals surface area contributed by atoms with Crippen molar-refractivity contribution < 1.29 is 0 Å². The van der Waals surface area contributed by atoms with Crippen LogP contribution >= 0.6 is 43.6 Å². The van der Waals surface area contributed by atoms with Gasteiger partial charge in [-0.25, -0.2) is 0 Å². The third-order valence-corrected chi connectivity index (χ3v) is 2.77. The third kappa shape index (κ3) is 3.18. The highest BCUT2D eigenvalue weighted by Gasteiger charge is 1.95. The Morgan fingerprint density at radius 2 is 1.73 bits per heavy atom. The Morgan fingerprint density at radius 1 is 1.18 bits per heavy atom. The van der Waals surface area contributed by atoms with Gasteiger partial charge in [-0.1, -0.05) is 31.9 Å².